The van der Waals surface area contributed by atoms with Crippen LogP contribution in [0, 0.1) is 6.92 Å². The molecule has 0 fully saturated rings. The van der Waals surface area contributed by atoms with Crippen molar-refractivity contribution in [1.29, 1.82) is 0 Å². The lowest BCUT2D eigenvalue weighted by Crippen LogP contribution is -2.48. The Morgan fingerprint density at radius 1 is 1.11 bits per heavy atom. The van der Waals surface area contributed by atoms with Crippen LogP contribution >= 0.6 is 22.9 Å². The summed E-state index contributed by atoms with van der Waals surface area (Å²) in [5, 5.41) is 12.3. The van der Waals surface area contributed by atoms with Gasteiger partial charge >= 0.3 is 0 Å². The molecule has 0 saturated heterocycles. The van der Waals surface area contributed by atoms with E-state index in [0.29, 0.717) is 27.2 Å². The van der Waals surface area contributed by atoms with Gasteiger partial charge in [0.15, 0.2) is 6.10 Å². The summed E-state index contributed by atoms with van der Waals surface area (Å²) in [7, 11) is -2.50. The number of benzene rings is 3. The molecule has 5 rings (SSSR count). The minimum Gasteiger partial charge on any atom is -0.497 e. The molecule has 9 nitrogen and oxygen atoms in total. The van der Waals surface area contributed by atoms with Crippen molar-refractivity contribution in [3.8, 4) is 22.1 Å². The molecule has 1 amide bonds. The van der Waals surface area contributed by atoms with E-state index in [1.54, 1.807) is 54.6 Å². The molecule has 1 aromatic heterocycles. The van der Waals surface area contributed by atoms with Crippen LogP contribution in [-0.2, 0) is 14.8 Å². The standard InChI is InChI=1S/C25H21ClN4O5S2/c1-15-3-12-20-21(13-15)35-22(14-30(20)37(32,33)19-10-8-18(34-2)9-11-19)23(31)27-25-29-28-24(36-25)16-4-6-17(26)7-5-16/h3-13,22H,14H2,1-2H3,(H,27,29,31)/t22-/m0/s1. The highest BCUT2D eigenvalue weighted by Gasteiger charge is 2.38. The fourth-order valence-electron chi connectivity index (χ4n) is 3.77. The van der Waals surface area contributed by atoms with Gasteiger partial charge in [0.1, 0.15) is 16.5 Å². The summed E-state index contributed by atoms with van der Waals surface area (Å²) in [5.41, 5.74) is 2.02. The number of aryl methyl sites for hydroxylation is 1. The highest BCUT2D eigenvalue weighted by Crippen LogP contribution is 2.38. The Bertz CT molecular complexity index is 1560. The third-order valence-electron chi connectivity index (χ3n) is 5.67. The molecule has 3 aromatic carbocycles. The van der Waals surface area contributed by atoms with Crippen molar-refractivity contribution in [3.05, 3.63) is 77.3 Å². The van der Waals surface area contributed by atoms with Gasteiger partial charge in [-0.15, -0.1) is 10.2 Å². The van der Waals surface area contributed by atoms with E-state index in [1.807, 2.05) is 6.92 Å². The minimum absolute atomic E-state index is 0.0672. The maximum Gasteiger partial charge on any atom is 0.269 e. The molecular formula is C25H21ClN4O5S2. The highest BCUT2D eigenvalue weighted by atomic mass is 35.5. The quantitative estimate of drug-likeness (QED) is 0.364. The summed E-state index contributed by atoms with van der Waals surface area (Å²) in [6.45, 7) is 1.63. The van der Waals surface area contributed by atoms with Crippen LogP contribution in [0.3, 0.4) is 0 Å². The Kier molecular flexibility index (Phi) is 6.76. The van der Waals surface area contributed by atoms with Gasteiger partial charge in [-0.2, -0.15) is 0 Å². The van der Waals surface area contributed by atoms with E-state index in [9.17, 15) is 13.2 Å². The van der Waals surface area contributed by atoms with Crippen molar-refractivity contribution in [2.24, 2.45) is 0 Å². The molecule has 12 heteroatoms. The van der Waals surface area contributed by atoms with Gasteiger partial charge in [-0.05, 0) is 61.0 Å². The first-order chi connectivity index (χ1) is 17.7. The maximum absolute atomic E-state index is 13.6. The predicted molar refractivity (Wildman–Crippen MR) is 142 cm³/mol. The molecular weight excluding hydrogens is 536 g/mol. The fourth-order valence-corrected chi connectivity index (χ4v) is 6.12. The summed E-state index contributed by atoms with van der Waals surface area (Å²) < 4.78 is 39.5. The lowest BCUT2D eigenvalue weighted by Gasteiger charge is -2.34. The Morgan fingerprint density at radius 3 is 2.54 bits per heavy atom. The lowest BCUT2D eigenvalue weighted by molar-refractivity contribution is -0.122. The zero-order chi connectivity index (χ0) is 26.2. The number of hydrogen-bond acceptors (Lipinski definition) is 8. The number of carbonyl (C=O) groups excluding carboxylic acids is 1. The van der Waals surface area contributed by atoms with Crippen LogP contribution in [0.1, 0.15) is 5.56 Å². The van der Waals surface area contributed by atoms with Gasteiger partial charge in [0.25, 0.3) is 15.9 Å². The van der Waals surface area contributed by atoms with Crippen LogP contribution in [0.15, 0.2) is 71.6 Å². The van der Waals surface area contributed by atoms with E-state index in [0.717, 1.165) is 11.1 Å². The molecule has 37 heavy (non-hydrogen) atoms. The van der Waals surface area contributed by atoms with Crippen molar-refractivity contribution in [1.82, 2.24) is 10.2 Å². The predicted octanol–water partition coefficient (Wildman–Crippen LogP) is 4.77. The van der Waals surface area contributed by atoms with Crippen LogP contribution < -0.4 is 19.1 Å². The summed E-state index contributed by atoms with van der Waals surface area (Å²) >= 11 is 7.13. The van der Waals surface area contributed by atoms with Gasteiger partial charge in [-0.3, -0.25) is 14.4 Å². The zero-order valence-electron chi connectivity index (χ0n) is 19.7. The normalized spacial score (nSPS) is 15.0. The molecule has 0 bridgehead atoms. The minimum atomic E-state index is -4.01. The first-order valence-corrected chi connectivity index (χ1v) is 13.7. The van der Waals surface area contributed by atoms with Gasteiger partial charge in [0, 0.05) is 10.6 Å². The van der Waals surface area contributed by atoms with Gasteiger partial charge < -0.3 is 9.47 Å². The molecule has 1 aliphatic rings. The monoisotopic (exact) mass is 556 g/mol. The second kappa shape index (κ2) is 10.0. The SMILES string of the molecule is COc1ccc(S(=O)(=O)N2C[C@@H](C(=O)Nc3nnc(-c4ccc(Cl)cc4)s3)Oc3cc(C)ccc32)cc1. The number of fused-ring (bicyclic) bond motifs is 1. The van der Waals surface area contributed by atoms with Gasteiger partial charge in [-0.25, -0.2) is 8.42 Å². The first-order valence-electron chi connectivity index (χ1n) is 11.1. The number of rotatable bonds is 6. The fraction of sp³-hybridized carbons (Fsp3) is 0.160. The van der Waals surface area contributed by atoms with Crippen molar-refractivity contribution in [3.63, 3.8) is 0 Å². The molecule has 0 spiro atoms. The molecule has 0 radical (unpaired) electrons. The topological polar surface area (TPSA) is 111 Å². The lowest BCUT2D eigenvalue weighted by atomic mass is 10.1. The molecule has 4 aromatic rings. The molecule has 0 unspecified atom stereocenters. The van der Waals surface area contributed by atoms with E-state index < -0.39 is 22.0 Å². The van der Waals surface area contributed by atoms with Crippen molar-refractivity contribution >= 4 is 49.7 Å². The van der Waals surface area contributed by atoms with Gasteiger partial charge in [0.2, 0.25) is 5.13 Å². The van der Waals surface area contributed by atoms with Crippen molar-refractivity contribution in [2.45, 2.75) is 17.9 Å². The molecule has 1 atom stereocenters. The van der Waals surface area contributed by atoms with E-state index in [2.05, 4.69) is 15.5 Å². The maximum atomic E-state index is 13.6. The summed E-state index contributed by atoms with van der Waals surface area (Å²) in [5.74, 6) is 0.285. The summed E-state index contributed by atoms with van der Waals surface area (Å²) in [6.07, 6.45) is -1.12. The van der Waals surface area contributed by atoms with E-state index in [-0.39, 0.29) is 16.6 Å². The number of hydrogen-bond donors (Lipinski definition) is 1. The Labute approximate surface area is 222 Å². The number of anilines is 2. The van der Waals surface area contributed by atoms with Crippen LogP contribution in [0.5, 0.6) is 11.5 Å². The molecule has 2 heterocycles. The zero-order valence-corrected chi connectivity index (χ0v) is 22.1. The van der Waals surface area contributed by atoms with Crippen LogP contribution in [0.25, 0.3) is 10.6 Å². The third-order valence-corrected chi connectivity index (χ3v) is 8.60. The molecule has 1 aliphatic heterocycles. The van der Waals surface area contributed by atoms with Crippen molar-refractivity contribution in [2.75, 3.05) is 23.3 Å². The number of ether oxygens (including phenoxy) is 2. The summed E-state index contributed by atoms with van der Waals surface area (Å²) in [6, 6.07) is 18.3. The van der Waals surface area contributed by atoms with Crippen LogP contribution in [0.4, 0.5) is 10.8 Å². The van der Waals surface area contributed by atoms with Gasteiger partial charge in [-0.1, -0.05) is 41.1 Å². The Morgan fingerprint density at radius 2 is 1.84 bits per heavy atom. The smallest absolute Gasteiger partial charge is 0.269 e. The number of sulfonamides is 1. The second-order valence-electron chi connectivity index (χ2n) is 8.20. The average molecular weight is 557 g/mol. The number of amides is 1. The number of nitrogens with zero attached hydrogens (tertiary/aromatic N) is 3. The van der Waals surface area contributed by atoms with Crippen LogP contribution in [0.2, 0.25) is 5.02 Å². The van der Waals surface area contributed by atoms with Crippen molar-refractivity contribution < 1.29 is 22.7 Å². The molecule has 0 aliphatic carbocycles. The van der Waals surface area contributed by atoms with E-state index in [1.165, 1.54) is 34.9 Å². The second-order valence-corrected chi connectivity index (χ2v) is 11.5. The van der Waals surface area contributed by atoms with Gasteiger partial charge in [0.05, 0.1) is 24.2 Å². The number of methoxy groups -OCH3 is 1. The largest absolute Gasteiger partial charge is 0.497 e. The van der Waals surface area contributed by atoms with E-state index >= 15 is 0 Å². The molecule has 190 valence electrons. The Hall–Kier alpha value is -3.67. The average Bonchev–Trinajstić information content (AvgIpc) is 3.36. The Balaban J connectivity index is 1.41. The number of carbonyl (C=O) groups is 1. The number of aromatic nitrogens is 2. The molecule has 0 saturated carbocycles. The van der Waals surface area contributed by atoms with E-state index in [4.69, 9.17) is 21.1 Å². The number of halogens is 1. The number of nitrogens with one attached hydrogen (secondary N) is 1. The summed E-state index contributed by atoms with van der Waals surface area (Å²) in [4.78, 5) is 13.3. The first kappa shape index (κ1) is 25.0. The third kappa shape index (κ3) is 5.10. The van der Waals surface area contributed by atoms with Crippen LogP contribution in [-0.4, -0.2) is 44.3 Å². The highest BCUT2D eigenvalue weighted by molar-refractivity contribution is 7.92. The molecule has 1 N–H and O–H groups in total.